The molecule has 1 heterocycles. The predicted molar refractivity (Wildman–Crippen MR) is 73.0 cm³/mol. The van der Waals surface area contributed by atoms with E-state index in [0.717, 1.165) is 12.8 Å². The van der Waals surface area contributed by atoms with Crippen molar-refractivity contribution in [2.45, 2.75) is 32.2 Å². The highest BCUT2D eigenvalue weighted by atomic mass is 16.4. The van der Waals surface area contributed by atoms with Crippen molar-refractivity contribution in [2.75, 3.05) is 5.32 Å². The zero-order valence-electron chi connectivity index (χ0n) is 10.7. The first-order chi connectivity index (χ1) is 9.10. The minimum Gasteiger partial charge on any atom is -0.408 e. The summed E-state index contributed by atoms with van der Waals surface area (Å²) in [5.41, 5.74) is 7.37. The Morgan fingerprint density at radius 2 is 2.32 bits per heavy atom. The number of nitrogens with one attached hydrogen (secondary N) is 2. The fraction of sp³-hybridized carbons (Fsp3) is 0.385. The Hall–Kier alpha value is -2.08. The van der Waals surface area contributed by atoms with Crippen molar-refractivity contribution in [3.05, 3.63) is 28.7 Å². The lowest BCUT2D eigenvalue weighted by Gasteiger charge is -2.11. The normalized spacial score (nSPS) is 12.5. The minimum absolute atomic E-state index is 0.223. The van der Waals surface area contributed by atoms with Crippen LogP contribution in [-0.2, 0) is 4.79 Å². The molecular weight excluding hydrogens is 246 g/mol. The highest BCUT2D eigenvalue weighted by Crippen LogP contribution is 2.16. The SMILES string of the molecule is CCCC[C@H](N)C(=O)Nc1ccc2oc(=O)[nH]c2c1. The fourth-order valence-corrected chi connectivity index (χ4v) is 1.82. The van der Waals surface area contributed by atoms with Crippen molar-refractivity contribution in [1.29, 1.82) is 0 Å². The number of anilines is 1. The van der Waals surface area contributed by atoms with Gasteiger partial charge < -0.3 is 15.5 Å². The molecule has 19 heavy (non-hydrogen) atoms. The minimum atomic E-state index is -0.516. The number of oxazole rings is 1. The Bertz CT molecular complexity index is 629. The van der Waals surface area contributed by atoms with E-state index in [0.29, 0.717) is 23.2 Å². The van der Waals surface area contributed by atoms with Gasteiger partial charge in [0.05, 0.1) is 11.6 Å². The van der Waals surface area contributed by atoms with E-state index in [1.54, 1.807) is 18.2 Å². The van der Waals surface area contributed by atoms with Gasteiger partial charge in [0.15, 0.2) is 5.58 Å². The monoisotopic (exact) mass is 263 g/mol. The molecule has 0 aliphatic carbocycles. The van der Waals surface area contributed by atoms with E-state index in [1.165, 1.54) is 0 Å². The number of hydrogen-bond donors (Lipinski definition) is 3. The van der Waals surface area contributed by atoms with Crippen LogP contribution < -0.4 is 16.8 Å². The van der Waals surface area contributed by atoms with Crippen LogP contribution in [0.4, 0.5) is 5.69 Å². The highest BCUT2D eigenvalue weighted by molar-refractivity contribution is 5.96. The summed E-state index contributed by atoms with van der Waals surface area (Å²) < 4.78 is 4.88. The van der Waals surface area contributed by atoms with Gasteiger partial charge in [0.2, 0.25) is 5.91 Å². The van der Waals surface area contributed by atoms with Gasteiger partial charge in [-0.3, -0.25) is 9.78 Å². The molecule has 0 radical (unpaired) electrons. The van der Waals surface area contributed by atoms with Crippen LogP contribution >= 0.6 is 0 Å². The Kier molecular flexibility index (Phi) is 4.01. The zero-order chi connectivity index (χ0) is 13.8. The van der Waals surface area contributed by atoms with E-state index in [1.807, 2.05) is 6.92 Å². The molecule has 2 rings (SSSR count). The average molecular weight is 263 g/mol. The van der Waals surface area contributed by atoms with Crippen molar-refractivity contribution in [2.24, 2.45) is 5.73 Å². The third-order valence-electron chi connectivity index (χ3n) is 2.89. The van der Waals surface area contributed by atoms with Gasteiger partial charge >= 0.3 is 5.76 Å². The molecule has 1 aromatic carbocycles. The predicted octanol–water partition coefficient (Wildman–Crippen LogP) is 1.58. The molecule has 0 aliphatic heterocycles. The van der Waals surface area contributed by atoms with Gasteiger partial charge in [-0.15, -0.1) is 0 Å². The van der Waals surface area contributed by atoms with E-state index in [-0.39, 0.29) is 5.91 Å². The fourth-order valence-electron chi connectivity index (χ4n) is 1.82. The van der Waals surface area contributed by atoms with Crippen LogP contribution in [0.2, 0.25) is 0 Å². The Labute approximate surface area is 110 Å². The molecule has 1 amide bonds. The summed E-state index contributed by atoms with van der Waals surface area (Å²) in [6.07, 6.45) is 2.58. The van der Waals surface area contributed by atoms with Gasteiger partial charge in [-0.2, -0.15) is 0 Å². The molecule has 0 fully saturated rings. The first kappa shape index (κ1) is 13.4. The molecule has 6 heteroatoms. The van der Waals surface area contributed by atoms with Crippen LogP contribution in [0.25, 0.3) is 11.1 Å². The maximum atomic E-state index is 11.8. The number of nitrogens with two attached hydrogens (primary N) is 1. The van der Waals surface area contributed by atoms with Crippen molar-refractivity contribution >= 4 is 22.7 Å². The van der Waals surface area contributed by atoms with Gasteiger partial charge in [-0.25, -0.2) is 4.79 Å². The van der Waals surface area contributed by atoms with Crippen LogP contribution in [0.15, 0.2) is 27.4 Å². The van der Waals surface area contributed by atoms with Crippen LogP contribution in [0, 0.1) is 0 Å². The molecule has 4 N–H and O–H groups in total. The molecule has 6 nitrogen and oxygen atoms in total. The number of carbonyl (C=O) groups is 1. The molecule has 0 spiro atoms. The average Bonchev–Trinajstić information content (AvgIpc) is 2.75. The van der Waals surface area contributed by atoms with Gasteiger partial charge in [0.1, 0.15) is 0 Å². The maximum Gasteiger partial charge on any atom is 0.417 e. The summed E-state index contributed by atoms with van der Waals surface area (Å²) in [6.45, 7) is 2.05. The van der Waals surface area contributed by atoms with Gasteiger partial charge in [-0.1, -0.05) is 19.8 Å². The van der Waals surface area contributed by atoms with Crippen LogP contribution in [0.1, 0.15) is 26.2 Å². The largest absolute Gasteiger partial charge is 0.417 e. The molecule has 0 saturated heterocycles. The Balaban J connectivity index is 2.08. The van der Waals surface area contributed by atoms with E-state index in [2.05, 4.69) is 10.3 Å². The van der Waals surface area contributed by atoms with E-state index >= 15 is 0 Å². The number of aromatic amines is 1. The summed E-state index contributed by atoms with van der Waals surface area (Å²) in [5, 5.41) is 2.72. The molecule has 0 bridgehead atoms. The highest BCUT2D eigenvalue weighted by Gasteiger charge is 2.13. The molecule has 2 aromatic rings. The quantitative estimate of drug-likeness (QED) is 0.762. The van der Waals surface area contributed by atoms with Gasteiger partial charge in [0, 0.05) is 5.69 Å². The molecular formula is C13H17N3O3. The Morgan fingerprint density at radius 3 is 3.05 bits per heavy atom. The number of amides is 1. The first-order valence-corrected chi connectivity index (χ1v) is 6.29. The summed E-state index contributed by atoms with van der Waals surface area (Å²) in [6, 6.07) is 4.42. The van der Waals surface area contributed by atoms with E-state index in [9.17, 15) is 9.59 Å². The smallest absolute Gasteiger partial charge is 0.408 e. The number of fused-ring (bicyclic) bond motifs is 1. The van der Waals surface area contributed by atoms with Crippen molar-refractivity contribution in [1.82, 2.24) is 4.98 Å². The first-order valence-electron chi connectivity index (χ1n) is 6.29. The topological polar surface area (TPSA) is 101 Å². The molecule has 102 valence electrons. The lowest BCUT2D eigenvalue weighted by Crippen LogP contribution is -2.35. The number of aromatic nitrogens is 1. The number of H-pyrrole nitrogens is 1. The second-order valence-electron chi connectivity index (χ2n) is 4.46. The third-order valence-corrected chi connectivity index (χ3v) is 2.89. The summed E-state index contributed by atoms with van der Waals surface area (Å²) >= 11 is 0. The second-order valence-corrected chi connectivity index (χ2v) is 4.46. The van der Waals surface area contributed by atoms with Gasteiger partial charge in [0.25, 0.3) is 0 Å². The number of carbonyl (C=O) groups excluding carboxylic acids is 1. The van der Waals surface area contributed by atoms with Gasteiger partial charge in [-0.05, 0) is 24.6 Å². The second kappa shape index (κ2) is 5.71. The molecule has 0 saturated carbocycles. The number of benzene rings is 1. The maximum absolute atomic E-state index is 11.8. The zero-order valence-corrected chi connectivity index (χ0v) is 10.7. The summed E-state index contributed by atoms with van der Waals surface area (Å²) in [5.74, 6) is -0.739. The van der Waals surface area contributed by atoms with E-state index < -0.39 is 11.8 Å². The van der Waals surface area contributed by atoms with Crippen molar-refractivity contribution in [3.63, 3.8) is 0 Å². The van der Waals surface area contributed by atoms with Crippen molar-refractivity contribution < 1.29 is 9.21 Å². The van der Waals surface area contributed by atoms with E-state index in [4.69, 9.17) is 10.2 Å². The molecule has 0 aliphatic rings. The van der Waals surface area contributed by atoms with Crippen LogP contribution in [0.5, 0.6) is 0 Å². The standard InChI is InChI=1S/C13H17N3O3/c1-2-3-4-9(14)12(17)15-8-5-6-11-10(7-8)16-13(18)19-11/h5-7,9H,2-4,14H2,1H3,(H,15,17)(H,16,18)/t9-/m0/s1. The third kappa shape index (κ3) is 3.23. The molecule has 1 atom stereocenters. The lowest BCUT2D eigenvalue weighted by atomic mass is 10.1. The molecule has 1 aromatic heterocycles. The summed E-state index contributed by atoms with van der Waals surface area (Å²) in [7, 11) is 0. The Morgan fingerprint density at radius 1 is 1.53 bits per heavy atom. The van der Waals surface area contributed by atoms with Crippen molar-refractivity contribution in [3.8, 4) is 0 Å². The number of hydrogen-bond acceptors (Lipinski definition) is 4. The van der Waals surface area contributed by atoms with Crippen LogP contribution in [0.3, 0.4) is 0 Å². The number of unbranched alkanes of at least 4 members (excludes halogenated alkanes) is 1. The lowest BCUT2D eigenvalue weighted by molar-refractivity contribution is -0.117. The summed E-state index contributed by atoms with van der Waals surface area (Å²) in [4.78, 5) is 25.4. The molecule has 0 unspecified atom stereocenters. The number of rotatable bonds is 5. The van der Waals surface area contributed by atoms with Crippen LogP contribution in [-0.4, -0.2) is 16.9 Å².